The maximum absolute atomic E-state index is 5.86. The van der Waals surface area contributed by atoms with E-state index in [1.807, 2.05) is 24.3 Å². The Balaban J connectivity index is 0.981. The van der Waals surface area contributed by atoms with Gasteiger partial charge in [0.05, 0.1) is 6.61 Å². The molecule has 2 aromatic carbocycles. The van der Waals surface area contributed by atoms with Crippen LogP contribution in [-0.2, 0) is 0 Å². The second-order valence-corrected chi connectivity index (χ2v) is 7.75. The number of unbranched alkanes of at least 4 members (excludes halogenated alkanes) is 1. The molecule has 154 valence electrons. The molecule has 2 aliphatic heterocycles. The summed E-state index contributed by atoms with van der Waals surface area (Å²) in [4.78, 5) is 0. The summed E-state index contributed by atoms with van der Waals surface area (Å²) >= 11 is 0. The van der Waals surface area contributed by atoms with E-state index < -0.39 is 0 Å². The van der Waals surface area contributed by atoms with Crippen LogP contribution in [0.4, 0.5) is 0 Å². The van der Waals surface area contributed by atoms with Gasteiger partial charge in [-0.05, 0) is 62.4 Å². The minimum Gasteiger partial charge on any atom is -0.493 e. The molecule has 0 aromatic heterocycles. The second-order valence-electron chi connectivity index (χ2n) is 7.75. The Morgan fingerprint density at radius 2 is 1.86 bits per heavy atom. The van der Waals surface area contributed by atoms with Crippen LogP contribution in [0.1, 0.15) is 30.7 Å². The van der Waals surface area contributed by atoms with Gasteiger partial charge >= 0.3 is 0 Å². The lowest BCUT2D eigenvalue weighted by Gasteiger charge is -2.21. The normalized spacial score (nSPS) is 21.1. The van der Waals surface area contributed by atoms with Crippen LogP contribution in [0.25, 0.3) is 0 Å². The van der Waals surface area contributed by atoms with Gasteiger partial charge in [-0.2, -0.15) is 0 Å². The number of rotatable bonds is 9. The molecule has 2 aromatic rings. The monoisotopic (exact) mass is 397 g/mol. The first-order valence-corrected chi connectivity index (χ1v) is 10.5. The molecule has 0 bridgehead atoms. The van der Waals surface area contributed by atoms with Crippen molar-refractivity contribution in [1.29, 1.82) is 0 Å². The minimum atomic E-state index is 0.292. The molecular weight excluding hydrogens is 370 g/mol. The number of para-hydroxylation sites is 1. The molecule has 0 spiro atoms. The third kappa shape index (κ3) is 4.22. The molecule has 5 rings (SSSR count). The average Bonchev–Trinajstić information content (AvgIpc) is 3.37. The van der Waals surface area contributed by atoms with Crippen LogP contribution in [0.5, 0.6) is 28.7 Å². The van der Waals surface area contributed by atoms with Crippen molar-refractivity contribution in [3.05, 3.63) is 42.0 Å². The van der Waals surface area contributed by atoms with E-state index in [1.54, 1.807) is 0 Å². The molecule has 29 heavy (non-hydrogen) atoms. The van der Waals surface area contributed by atoms with E-state index in [2.05, 4.69) is 17.4 Å². The Kier molecular flexibility index (Phi) is 5.35. The Hall–Kier alpha value is -2.60. The topological polar surface area (TPSA) is 58.2 Å². The van der Waals surface area contributed by atoms with E-state index in [1.165, 1.54) is 12.0 Å². The fourth-order valence-corrected chi connectivity index (χ4v) is 4.04. The number of fused-ring (bicyclic) bond motifs is 2. The lowest BCUT2D eigenvalue weighted by Crippen LogP contribution is -2.19. The van der Waals surface area contributed by atoms with Crippen LogP contribution in [0.3, 0.4) is 0 Å². The summed E-state index contributed by atoms with van der Waals surface area (Å²) in [7, 11) is 0. The molecule has 3 aliphatic rings. The summed E-state index contributed by atoms with van der Waals surface area (Å²) in [6.07, 6.45) is 3.34. The summed E-state index contributed by atoms with van der Waals surface area (Å²) in [6.45, 7) is 4.36. The van der Waals surface area contributed by atoms with Crippen molar-refractivity contribution in [3.8, 4) is 28.7 Å². The summed E-state index contributed by atoms with van der Waals surface area (Å²) in [6, 6.07) is 12.0. The first-order chi connectivity index (χ1) is 14.4. The van der Waals surface area contributed by atoms with E-state index in [-0.39, 0.29) is 0 Å². The maximum Gasteiger partial charge on any atom is 0.231 e. The standard InChI is InChI=1S/C23H27NO5/c1(2-9-25-17-6-7-20-22(13-17)29-15-28-20)8-24-14-16-12-19(16)18-4-3-5-21-23(18)27-11-10-26-21/h3-7,13,16,19,24H,1-2,8-12,14-15H2. The lowest BCUT2D eigenvalue weighted by molar-refractivity contribution is 0.170. The quantitative estimate of drug-likeness (QED) is 0.651. The summed E-state index contributed by atoms with van der Waals surface area (Å²) in [5.74, 6) is 5.53. The highest BCUT2D eigenvalue weighted by molar-refractivity contribution is 5.51. The third-order valence-corrected chi connectivity index (χ3v) is 5.69. The zero-order valence-corrected chi connectivity index (χ0v) is 16.5. The van der Waals surface area contributed by atoms with Crippen molar-refractivity contribution in [2.75, 3.05) is 39.7 Å². The molecule has 1 N–H and O–H groups in total. The van der Waals surface area contributed by atoms with Crippen molar-refractivity contribution >= 4 is 0 Å². The van der Waals surface area contributed by atoms with Crippen molar-refractivity contribution in [3.63, 3.8) is 0 Å². The fraction of sp³-hybridized carbons (Fsp3) is 0.478. The Morgan fingerprint density at radius 1 is 0.931 bits per heavy atom. The highest BCUT2D eigenvalue weighted by Crippen LogP contribution is 2.52. The van der Waals surface area contributed by atoms with Gasteiger partial charge in [0.2, 0.25) is 6.79 Å². The number of nitrogens with one attached hydrogen (secondary N) is 1. The van der Waals surface area contributed by atoms with Crippen LogP contribution >= 0.6 is 0 Å². The lowest BCUT2D eigenvalue weighted by atomic mass is 10.1. The zero-order chi connectivity index (χ0) is 19.5. The summed E-state index contributed by atoms with van der Waals surface area (Å²) in [5, 5.41) is 3.60. The number of benzene rings is 2. The molecule has 0 amide bonds. The minimum absolute atomic E-state index is 0.292. The van der Waals surface area contributed by atoms with Crippen LogP contribution in [-0.4, -0.2) is 39.7 Å². The van der Waals surface area contributed by atoms with Gasteiger partial charge in [-0.1, -0.05) is 12.1 Å². The zero-order valence-electron chi connectivity index (χ0n) is 16.5. The number of ether oxygens (including phenoxy) is 5. The predicted molar refractivity (Wildman–Crippen MR) is 108 cm³/mol. The van der Waals surface area contributed by atoms with Crippen LogP contribution in [0.2, 0.25) is 0 Å². The molecule has 2 heterocycles. The van der Waals surface area contributed by atoms with Crippen LogP contribution in [0.15, 0.2) is 36.4 Å². The van der Waals surface area contributed by atoms with Gasteiger partial charge in [-0.25, -0.2) is 0 Å². The highest BCUT2D eigenvalue weighted by atomic mass is 16.7. The average molecular weight is 397 g/mol. The first-order valence-electron chi connectivity index (χ1n) is 10.5. The van der Waals surface area contributed by atoms with Crippen LogP contribution in [0, 0.1) is 5.92 Å². The molecule has 2 atom stereocenters. The largest absolute Gasteiger partial charge is 0.493 e. The van der Waals surface area contributed by atoms with Gasteiger partial charge in [0.15, 0.2) is 23.0 Å². The van der Waals surface area contributed by atoms with Crippen molar-refractivity contribution in [2.24, 2.45) is 5.92 Å². The van der Waals surface area contributed by atoms with E-state index in [9.17, 15) is 0 Å². The smallest absolute Gasteiger partial charge is 0.231 e. The molecular formula is C23H27NO5. The van der Waals surface area contributed by atoms with Gasteiger partial charge in [-0.3, -0.25) is 0 Å². The van der Waals surface area contributed by atoms with E-state index in [0.29, 0.717) is 38.4 Å². The number of hydrogen-bond donors (Lipinski definition) is 1. The predicted octanol–water partition coefficient (Wildman–Crippen LogP) is 3.74. The molecule has 0 saturated heterocycles. The molecule has 6 nitrogen and oxygen atoms in total. The Morgan fingerprint density at radius 3 is 2.86 bits per heavy atom. The summed E-state index contributed by atoms with van der Waals surface area (Å²) in [5.41, 5.74) is 1.31. The molecule has 1 aliphatic carbocycles. The van der Waals surface area contributed by atoms with Gasteiger partial charge in [-0.15, -0.1) is 0 Å². The molecule has 6 heteroatoms. The molecule has 0 radical (unpaired) electrons. The van der Waals surface area contributed by atoms with Gasteiger partial charge in [0, 0.05) is 11.6 Å². The van der Waals surface area contributed by atoms with E-state index >= 15 is 0 Å². The highest BCUT2D eigenvalue weighted by Gasteiger charge is 2.40. The van der Waals surface area contributed by atoms with Crippen molar-refractivity contribution < 1.29 is 23.7 Å². The fourth-order valence-electron chi connectivity index (χ4n) is 4.04. The molecule has 1 saturated carbocycles. The second kappa shape index (κ2) is 8.41. The molecule has 1 fully saturated rings. The first kappa shape index (κ1) is 18.4. The Labute approximate surface area is 171 Å². The molecule has 2 unspecified atom stereocenters. The SMILES string of the molecule is c1cc2c(c(C3CC3CNCCCCOc3ccc4c(c3)OCO4)c1)OCCO2. The van der Waals surface area contributed by atoms with Gasteiger partial charge < -0.3 is 29.0 Å². The Bertz CT molecular complexity index is 855. The van der Waals surface area contributed by atoms with Crippen molar-refractivity contribution in [1.82, 2.24) is 5.32 Å². The van der Waals surface area contributed by atoms with E-state index in [4.69, 9.17) is 23.7 Å². The van der Waals surface area contributed by atoms with Gasteiger partial charge in [0.25, 0.3) is 0 Å². The summed E-state index contributed by atoms with van der Waals surface area (Å²) < 4.78 is 28.1. The van der Waals surface area contributed by atoms with Crippen LogP contribution < -0.4 is 29.0 Å². The van der Waals surface area contributed by atoms with Gasteiger partial charge in [0.1, 0.15) is 19.0 Å². The van der Waals surface area contributed by atoms with E-state index in [0.717, 1.165) is 54.7 Å². The van der Waals surface area contributed by atoms with Crippen molar-refractivity contribution in [2.45, 2.75) is 25.2 Å². The number of hydrogen-bond acceptors (Lipinski definition) is 6. The third-order valence-electron chi connectivity index (χ3n) is 5.69. The maximum atomic E-state index is 5.86.